The Morgan fingerprint density at radius 1 is 0.600 bits per heavy atom. The topological polar surface area (TPSA) is 0 Å². The van der Waals surface area contributed by atoms with Gasteiger partial charge in [0, 0.05) is 0 Å². The van der Waals surface area contributed by atoms with Gasteiger partial charge in [0.05, 0.1) is 0 Å². The molecule has 0 aliphatic heterocycles. The third-order valence-electron chi connectivity index (χ3n) is 5.26. The van der Waals surface area contributed by atoms with E-state index in [1.54, 1.807) is 0 Å². The van der Waals surface area contributed by atoms with Crippen LogP contribution in [0.4, 0.5) is 0 Å². The van der Waals surface area contributed by atoms with E-state index in [4.69, 9.17) is 0 Å². The maximum atomic E-state index is 2.34. The summed E-state index contributed by atoms with van der Waals surface area (Å²) in [5.41, 5.74) is 6.09. The Balaban J connectivity index is 0.000000751. The van der Waals surface area contributed by atoms with Crippen molar-refractivity contribution in [3.8, 4) is 0 Å². The third kappa shape index (κ3) is 3.40. The van der Waals surface area contributed by atoms with E-state index in [0.717, 1.165) is 25.7 Å². The molecule has 0 saturated carbocycles. The Bertz CT molecular complexity index is 912. The number of benzene rings is 2. The Morgan fingerprint density at radius 2 is 1.04 bits per heavy atom. The van der Waals surface area contributed by atoms with Gasteiger partial charge in [0.1, 0.15) is 0 Å². The van der Waals surface area contributed by atoms with Crippen molar-refractivity contribution in [2.45, 2.75) is 25.7 Å². The van der Waals surface area contributed by atoms with E-state index >= 15 is 0 Å². The summed E-state index contributed by atoms with van der Waals surface area (Å²) in [6.07, 6.45) is 4.57. The van der Waals surface area contributed by atoms with Crippen LogP contribution in [0.3, 0.4) is 0 Å². The van der Waals surface area contributed by atoms with Crippen molar-refractivity contribution in [1.29, 1.82) is 0 Å². The fourth-order valence-electron chi connectivity index (χ4n) is 4.22. The molecule has 3 heteroatoms. The summed E-state index contributed by atoms with van der Waals surface area (Å²) in [6, 6.07) is 22.8. The second-order valence-electron chi connectivity index (χ2n) is 6.48. The predicted molar refractivity (Wildman–Crippen MR) is 93.9 cm³/mol. The molecule has 124 valence electrons. The van der Waals surface area contributed by atoms with Gasteiger partial charge >= 0.3 is 26.2 Å². The molecule has 0 saturated heterocycles. The molecule has 0 atom stereocenters. The summed E-state index contributed by atoms with van der Waals surface area (Å²) in [6.45, 7) is 0. The SMILES string of the molecule is [Cl-].[Cl-].[Zr+4].c1cc2c3c(c1)cc[c-]3CC[c-]1ccc3cccc(c31)CC2. The van der Waals surface area contributed by atoms with Gasteiger partial charge in [-0.1, -0.05) is 37.8 Å². The molecule has 1 aliphatic rings. The van der Waals surface area contributed by atoms with Crippen molar-refractivity contribution in [2.24, 2.45) is 0 Å². The van der Waals surface area contributed by atoms with E-state index < -0.39 is 0 Å². The molecule has 0 N–H and O–H groups in total. The zero-order chi connectivity index (χ0) is 14.5. The maximum absolute atomic E-state index is 2.34. The zero-order valence-electron chi connectivity index (χ0n) is 13.9. The minimum atomic E-state index is 0. The number of hydrogen-bond acceptors (Lipinski definition) is 0. The molecule has 4 aromatic carbocycles. The van der Waals surface area contributed by atoms with Crippen molar-refractivity contribution in [3.05, 3.63) is 82.9 Å². The largest absolute Gasteiger partial charge is 4.00 e. The van der Waals surface area contributed by atoms with E-state index in [1.807, 2.05) is 0 Å². The first-order valence-corrected chi connectivity index (χ1v) is 8.22. The molecule has 0 bridgehead atoms. The molecule has 5 rings (SSSR count). The van der Waals surface area contributed by atoms with Crippen molar-refractivity contribution >= 4 is 21.5 Å². The van der Waals surface area contributed by atoms with E-state index in [9.17, 15) is 0 Å². The molecular weight excluding hydrogens is 426 g/mol. The minimum Gasteiger partial charge on any atom is -1.00 e. The quantitative estimate of drug-likeness (QED) is 0.316. The Morgan fingerprint density at radius 3 is 1.48 bits per heavy atom. The Hall–Kier alpha value is -0.877. The van der Waals surface area contributed by atoms with Crippen LogP contribution in [0.25, 0.3) is 21.5 Å². The van der Waals surface area contributed by atoms with Crippen LogP contribution in [0.5, 0.6) is 0 Å². The minimum absolute atomic E-state index is 0. The standard InChI is InChI=1S/C22H18.2ClH.Zr/c1-3-15-7-8-16-4-2-6-18-10-12-20(22(16)18)14-13-19-11-9-17(5-1)21(15)19;;;/h1-6,9-12H,7-8,13-14H2;2*1H;/q-2;;;+4/p-2. The Labute approximate surface area is 180 Å². The average Bonchev–Trinajstić information content (AvgIpc) is 3.15. The molecule has 0 nitrogen and oxygen atoms in total. The van der Waals surface area contributed by atoms with E-state index in [2.05, 4.69) is 60.7 Å². The van der Waals surface area contributed by atoms with Crippen LogP contribution in [-0.2, 0) is 51.9 Å². The van der Waals surface area contributed by atoms with Gasteiger partial charge in [-0.05, 0) is 0 Å². The van der Waals surface area contributed by atoms with Crippen LogP contribution in [0.15, 0.2) is 60.7 Å². The van der Waals surface area contributed by atoms with E-state index in [0.29, 0.717) is 0 Å². The Kier molecular flexibility index (Phi) is 6.71. The molecule has 0 heterocycles. The zero-order valence-corrected chi connectivity index (χ0v) is 17.8. The third-order valence-corrected chi connectivity index (χ3v) is 5.26. The monoisotopic (exact) mass is 442 g/mol. The second kappa shape index (κ2) is 8.21. The molecular formula is C22H18Cl2Zr. The number of hydrogen-bond donors (Lipinski definition) is 0. The van der Waals surface area contributed by atoms with Gasteiger partial charge in [0.25, 0.3) is 0 Å². The number of rotatable bonds is 0. The van der Waals surface area contributed by atoms with Gasteiger partial charge in [-0.3, -0.25) is 0 Å². The summed E-state index contributed by atoms with van der Waals surface area (Å²) < 4.78 is 0. The van der Waals surface area contributed by atoms with Crippen molar-refractivity contribution in [1.82, 2.24) is 0 Å². The van der Waals surface area contributed by atoms with Gasteiger partial charge in [0.15, 0.2) is 0 Å². The summed E-state index contributed by atoms with van der Waals surface area (Å²) in [4.78, 5) is 0. The van der Waals surface area contributed by atoms with Crippen LogP contribution < -0.4 is 24.8 Å². The molecule has 0 spiro atoms. The summed E-state index contributed by atoms with van der Waals surface area (Å²) in [5.74, 6) is 0. The van der Waals surface area contributed by atoms with E-state index in [-0.39, 0.29) is 51.0 Å². The fourth-order valence-corrected chi connectivity index (χ4v) is 4.22. The first-order valence-electron chi connectivity index (χ1n) is 8.22. The van der Waals surface area contributed by atoms with Gasteiger partial charge < -0.3 is 24.8 Å². The normalized spacial score (nSPS) is 12.8. The summed E-state index contributed by atoms with van der Waals surface area (Å²) >= 11 is 0. The first kappa shape index (κ1) is 20.4. The van der Waals surface area contributed by atoms with Crippen LogP contribution >= 0.6 is 0 Å². The van der Waals surface area contributed by atoms with Crippen molar-refractivity contribution in [3.63, 3.8) is 0 Å². The first-order chi connectivity index (χ1) is 10.9. The van der Waals surface area contributed by atoms with Gasteiger partial charge in [0.2, 0.25) is 0 Å². The summed E-state index contributed by atoms with van der Waals surface area (Å²) in [7, 11) is 0. The van der Waals surface area contributed by atoms with E-state index in [1.165, 1.54) is 43.8 Å². The molecule has 4 aromatic rings. The molecule has 0 unspecified atom stereocenters. The second-order valence-corrected chi connectivity index (χ2v) is 6.48. The van der Waals surface area contributed by atoms with Crippen molar-refractivity contribution in [2.75, 3.05) is 0 Å². The van der Waals surface area contributed by atoms with Crippen LogP contribution in [0, 0.1) is 0 Å². The number of aryl methyl sites for hydroxylation is 4. The average molecular weight is 445 g/mol. The predicted octanol–water partition coefficient (Wildman–Crippen LogP) is -0.680. The van der Waals surface area contributed by atoms with Gasteiger partial charge in [-0.15, -0.1) is 80.2 Å². The molecule has 0 aromatic heterocycles. The molecule has 0 fully saturated rings. The molecule has 25 heavy (non-hydrogen) atoms. The number of halogens is 2. The molecule has 1 aliphatic carbocycles. The molecule has 0 amide bonds. The smallest absolute Gasteiger partial charge is 1.00 e. The van der Waals surface area contributed by atoms with Crippen molar-refractivity contribution < 1.29 is 51.0 Å². The summed E-state index contributed by atoms with van der Waals surface area (Å²) in [5, 5.41) is 5.86. The van der Waals surface area contributed by atoms with Crippen LogP contribution in [-0.4, -0.2) is 0 Å². The van der Waals surface area contributed by atoms with Gasteiger partial charge in [-0.2, -0.15) is 12.1 Å². The molecule has 0 radical (unpaired) electrons. The van der Waals surface area contributed by atoms with Gasteiger partial charge in [-0.25, -0.2) is 0 Å². The van der Waals surface area contributed by atoms with Crippen LogP contribution in [0.1, 0.15) is 22.3 Å². The van der Waals surface area contributed by atoms with Crippen LogP contribution in [0.2, 0.25) is 0 Å². The maximum Gasteiger partial charge on any atom is 4.00 e. The fraction of sp³-hybridized carbons (Fsp3) is 0.182.